The van der Waals surface area contributed by atoms with E-state index in [0.717, 1.165) is 22.3 Å². The lowest BCUT2D eigenvalue weighted by molar-refractivity contribution is -0.111. The average molecular weight is 452 g/mol. The number of rotatable bonds is 6. The molecule has 1 N–H and O–H groups in total. The number of nitrogens with zero attached hydrogens (tertiary/aromatic N) is 4. The quantitative estimate of drug-likeness (QED) is 0.578. The average Bonchev–Trinajstić information content (AvgIpc) is 3.21. The molecule has 4 rings (SSSR count). The van der Waals surface area contributed by atoms with E-state index in [1.54, 1.807) is 29.3 Å². The number of nitrogens with one attached hydrogen (secondary N) is 1. The van der Waals surface area contributed by atoms with Gasteiger partial charge in [0.2, 0.25) is 5.91 Å². The van der Waals surface area contributed by atoms with Crippen molar-refractivity contribution in [2.75, 3.05) is 29.9 Å². The molecule has 0 saturated carbocycles. The highest BCUT2D eigenvalue weighted by atomic mass is 32.2. The third-order valence-corrected chi connectivity index (χ3v) is 6.96. The van der Waals surface area contributed by atoms with E-state index >= 15 is 0 Å². The minimum atomic E-state index is -2.88. The third kappa shape index (κ3) is 5.68. The van der Waals surface area contributed by atoms with Crippen LogP contribution in [0.15, 0.2) is 61.2 Å². The molecule has 1 aromatic carbocycles. The maximum atomic E-state index is 12.4. The molecule has 1 saturated heterocycles. The minimum Gasteiger partial charge on any atom is -0.323 e. The van der Waals surface area contributed by atoms with Crippen LogP contribution in [-0.4, -0.2) is 58.6 Å². The summed E-state index contributed by atoms with van der Waals surface area (Å²) in [6, 6.07) is 9.50. The topological polar surface area (TPSA) is 97.2 Å². The molecule has 166 valence electrons. The van der Waals surface area contributed by atoms with Crippen molar-refractivity contribution in [3.05, 3.63) is 72.3 Å². The monoisotopic (exact) mass is 451 g/mol. The van der Waals surface area contributed by atoms with E-state index in [2.05, 4.69) is 20.3 Å². The fourth-order valence-electron chi connectivity index (χ4n) is 3.57. The summed E-state index contributed by atoms with van der Waals surface area (Å²) >= 11 is 0. The second-order valence-electron chi connectivity index (χ2n) is 7.81. The van der Waals surface area contributed by atoms with Gasteiger partial charge in [0.1, 0.15) is 0 Å². The second-order valence-corrected chi connectivity index (χ2v) is 10.1. The molecule has 9 heteroatoms. The van der Waals surface area contributed by atoms with Gasteiger partial charge in [-0.2, -0.15) is 5.10 Å². The predicted octanol–water partition coefficient (Wildman–Crippen LogP) is 2.36. The third-order valence-electron chi connectivity index (χ3n) is 5.35. The maximum absolute atomic E-state index is 12.4. The molecule has 1 fully saturated rings. The number of sulfone groups is 1. The van der Waals surface area contributed by atoms with Crippen LogP contribution in [0.2, 0.25) is 0 Å². The summed E-state index contributed by atoms with van der Waals surface area (Å²) in [4.78, 5) is 18.7. The molecule has 32 heavy (non-hydrogen) atoms. The summed E-state index contributed by atoms with van der Waals surface area (Å²) in [5.74, 6) is 0.194. The van der Waals surface area contributed by atoms with Crippen molar-refractivity contribution in [2.24, 2.45) is 7.05 Å². The predicted molar refractivity (Wildman–Crippen MR) is 124 cm³/mol. The lowest BCUT2D eigenvalue weighted by Crippen LogP contribution is -2.39. The lowest BCUT2D eigenvalue weighted by Gasteiger charge is -2.26. The van der Waals surface area contributed by atoms with Crippen LogP contribution in [0.25, 0.3) is 17.2 Å². The van der Waals surface area contributed by atoms with Crippen molar-refractivity contribution in [3.8, 4) is 11.1 Å². The molecule has 2 aromatic heterocycles. The van der Waals surface area contributed by atoms with Gasteiger partial charge < -0.3 is 5.32 Å². The fourth-order valence-corrected chi connectivity index (χ4v) is 4.85. The van der Waals surface area contributed by atoms with Gasteiger partial charge in [0.25, 0.3) is 0 Å². The second kappa shape index (κ2) is 9.46. The van der Waals surface area contributed by atoms with Gasteiger partial charge in [-0.3, -0.25) is 19.4 Å². The number of amides is 1. The molecule has 1 aliphatic rings. The van der Waals surface area contributed by atoms with Crippen LogP contribution in [0.4, 0.5) is 5.69 Å². The Bertz CT molecular complexity index is 1220. The summed E-state index contributed by atoms with van der Waals surface area (Å²) in [5.41, 5.74) is 4.51. The number of aromatic nitrogens is 3. The Labute approximate surface area is 187 Å². The number of hydrogen-bond donors (Lipinski definition) is 1. The highest BCUT2D eigenvalue weighted by molar-refractivity contribution is 7.91. The molecule has 0 aliphatic carbocycles. The van der Waals surface area contributed by atoms with Gasteiger partial charge in [-0.1, -0.05) is 12.1 Å². The Balaban J connectivity index is 1.35. The molecule has 0 bridgehead atoms. The van der Waals surface area contributed by atoms with E-state index in [1.165, 1.54) is 6.08 Å². The molecular weight excluding hydrogens is 426 g/mol. The molecule has 1 amide bonds. The molecule has 1 aliphatic heterocycles. The smallest absolute Gasteiger partial charge is 0.248 e. The van der Waals surface area contributed by atoms with Gasteiger partial charge in [-0.25, -0.2) is 8.42 Å². The van der Waals surface area contributed by atoms with Gasteiger partial charge >= 0.3 is 0 Å². The van der Waals surface area contributed by atoms with Crippen LogP contribution in [0.5, 0.6) is 0 Å². The summed E-state index contributed by atoms with van der Waals surface area (Å²) < 4.78 is 24.8. The van der Waals surface area contributed by atoms with Crippen molar-refractivity contribution in [3.63, 3.8) is 0 Å². The van der Waals surface area contributed by atoms with Crippen molar-refractivity contribution < 1.29 is 13.2 Å². The maximum Gasteiger partial charge on any atom is 0.248 e. The van der Waals surface area contributed by atoms with Crippen LogP contribution >= 0.6 is 0 Å². The highest BCUT2D eigenvalue weighted by Crippen LogP contribution is 2.23. The number of anilines is 1. The molecule has 0 atom stereocenters. The van der Waals surface area contributed by atoms with Crippen molar-refractivity contribution >= 4 is 27.5 Å². The molecule has 3 aromatic rings. The number of benzene rings is 1. The van der Waals surface area contributed by atoms with Crippen molar-refractivity contribution in [1.82, 2.24) is 19.7 Å². The Kier molecular flexibility index (Phi) is 6.48. The van der Waals surface area contributed by atoms with Crippen LogP contribution < -0.4 is 5.32 Å². The van der Waals surface area contributed by atoms with E-state index < -0.39 is 9.84 Å². The number of carbonyl (C=O) groups is 1. The number of carbonyl (C=O) groups excluding carboxylic acids is 1. The van der Waals surface area contributed by atoms with Crippen LogP contribution in [0, 0.1) is 0 Å². The van der Waals surface area contributed by atoms with Crippen molar-refractivity contribution in [2.45, 2.75) is 6.54 Å². The number of pyridine rings is 1. The summed E-state index contributed by atoms with van der Waals surface area (Å²) in [7, 11) is -1.02. The van der Waals surface area contributed by atoms with Crippen LogP contribution in [0.3, 0.4) is 0 Å². The van der Waals surface area contributed by atoms with E-state index in [4.69, 9.17) is 0 Å². The summed E-state index contributed by atoms with van der Waals surface area (Å²) in [5, 5.41) is 7.06. The van der Waals surface area contributed by atoms with E-state index in [0.29, 0.717) is 25.3 Å². The Morgan fingerprint density at radius 1 is 1.12 bits per heavy atom. The van der Waals surface area contributed by atoms with Gasteiger partial charge in [-0.05, 0) is 35.4 Å². The van der Waals surface area contributed by atoms with Crippen LogP contribution in [-0.2, 0) is 28.2 Å². The van der Waals surface area contributed by atoms with Gasteiger partial charge in [0, 0.05) is 68.2 Å². The van der Waals surface area contributed by atoms with Gasteiger partial charge in [0.05, 0.1) is 17.7 Å². The van der Waals surface area contributed by atoms with Gasteiger partial charge in [-0.15, -0.1) is 0 Å². The molecular formula is C23H25N5O3S. The molecule has 0 unspecified atom stereocenters. The Morgan fingerprint density at radius 2 is 1.88 bits per heavy atom. The zero-order valence-corrected chi connectivity index (χ0v) is 18.6. The SMILES string of the molecule is Cn1cc(-c2ccncc2/C=C/C(=O)Nc2ccc(CN3CCS(=O)(=O)CC3)cc2)cn1. The van der Waals surface area contributed by atoms with Gasteiger partial charge in [0.15, 0.2) is 9.84 Å². The zero-order valence-electron chi connectivity index (χ0n) is 17.8. The number of hydrogen-bond acceptors (Lipinski definition) is 6. The standard InChI is InChI=1S/C23H25N5O3S/c1-27-17-20(15-25-27)22-8-9-24-14-19(22)4-7-23(29)26-21-5-2-18(3-6-21)16-28-10-12-32(30,31)13-11-28/h2-9,14-15,17H,10-13,16H2,1H3,(H,26,29)/b7-4+. The fraction of sp³-hybridized carbons (Fsp3) is 0.261. The normalized spacial score (nSPS) is 16.3. The van der Waals surface area contributed by atoms with E-state index in [1.807, 2.05) is 43.6 Å². The highest BCUT2D eigenvalue weighted by Gasteiger charge is 2.21. The summed E-state index contributed by atoms with van der Waals surface area (Å²) in [6.45, 7) is 1.81. The first-order valence-corrected chi connectivity index (χ1v) is 12.1. The Morgan fingerprint density at radius 3 is 2.56 bits per heavy atom. The lowest BCUT2D eigenvalue weighted by atomic mass is 10.0. The van der Waals surface area contributed by atoms with E-state index in [9.17, 15) is 13.2 Å². The Hall–Kier alpha value is -3.30. The van der Waals surface area contributed by atoms with Crippen LogP contribution in [0.1, 0.15) is 11.1 Å². The molecule has 0 spiro atoms. The molecule has 3 heterocycles. The number of aryl methyl sites for hydroxylation is 1. The molecule has 0 radical (unpaired) electrons. The molecule has 8 nitrogen and oxygen atoms in total. The van der Waals surface area contributed by atoms with E-state index in [-0.39, 0.29) is 17.4 Å². The zero-order chi connectivity index (χ0) is 22.6. The largest absolute Gasteiger partial charge is 0.323 e. The van der Waals surface area contributed by atoms with Crippen molar-refractivity contribution in [1.29, 1.82) is 0 Å². The first-order valence-electron chi connectivity index (χ1n) is 10.3. The first kappa shape index (κ1) is 21.9. The minimum absolute atomic E-state index is 0.215. The summed E-state index contributed by atoms with van der Waals surface area (Å²) in [6.07, 6.45) is 10.3. The first-order chi connectivity index (χ1) is 15.4.